The van der Waals surface area contributed by atoms with Gasteiger partial charge < -0.3 is 0 Å². The number of allylic oxidation sites excluding steroid dienone is 2. The van der Waals surface area contributed by atoms with Gasteiger partial charge >= 0.3 is 0 Å². The average Bonchev–Trinajstić information content (AvgIpc) is 2.63. The maximum atomic E-state index is 2.40. The number of unbranched alkanes of at least 4 members (excludes halogenated alkanes) is 8. The highest BCUT2D eigenvalue weighted by Crippen LogP contribution is 2.20. The summed E-state index contributed by atoms with van der Waals surface area (Å²) in [6, 6.07) is 15.4. The van der Waals surface area contributed by atoms with E-state index in [4.69, 9.17) is 0 Å². The lowest BCUT2D eigenvalue weighted by Gasteiger charge is -2.05. The summed E-state index contributed by atoms with van der Waals surface area (Å²) in [6.45, 7) is 2.28. The zero-order valence-electron chi connectivity index (χ0n) is 15.5. The lowest BCUT2D eigenvalue weighted by molar-refractivity contribution is 0.592. The van der Waals surface area contributed by atoms with E-state index in [1.54, 1.807) is 0 Å². The number of benzene rings is 2. The van der Waals surface area contributed by atoms with Gasteiger partial charge in [-0.25, -0.2) is 0 Å². The van der Waals surface area contributed by atoms with Gasteiger partial charge in [0.1, 0.15) is 0 Å². The van der Waals surface area contributed by atoms with Gasteiger partial charge in [-0.2, -0.15) is 0 Å². The van der Waals surface area contributed by atoms with E-state index < -0.39 is 0 Å². The van der Waals surface area contributed by atoms with Crippen molar-refractivity contribution in [3.05, 3.63) is 60.2 Å². The molecule has 0 heterocycles. The van der Waals surface area contributed by atoms with E-state index in [9.17, 15) is 0 Å². The zero-order valence-corrected chi connectivity index (χ0v) is 15.5. The molecule has 0 atom stereocenters. The third-order valence-corrected chi connectivity index (χ3v) is 4.84. The number of fused-ring (bicyclic) bond motifs is 1. The second-order valence-corrected chi connectivity index (χ2v) is 6.91. The van der Waals surface area contributed by atoms with Crippen molar-refractivity contribution in [3.8, 4) is 0 Å². The van der Waals surface area contributed by atoms with Crippen molar-refractivity contribution in [2.75, 3.05) is 0 Å². The molecule has 2 aromatic rings. The molecule has 0 aliphatic carbocycles. The van der Waals surface area contributed by atoms with Crippen molar-refractivity contribution in [3.63, 3.8) is 0 Å². The lowest BCUT2D eigenvalue weighted by Crippen LogP contribution is -1.87. The van der Waals surface area contributed by atoms with E-state index in [2.05, 4.69) is 61.5 Å². The first-order valence-electron chi connectivity index (χ1n) is 10.0. The van der Waals surface area contributed by atoms with Crippen LogP contribution in [0.1, 0.15) is 76.7 Å². The van der Waals surface area contributed by atoms with Gasteiger partial charge in [0, 0.05) is 0 Å². The van der Waals surface area contributed by atoms with Crippen molar-refractivity contribution >= 4 is 10.8 Å². The van der Waals surface area contributed by atoms with Gasteiger partial charge in [0.25, 0.3) is 0 Å². The van der Waals surface area contributed by atoms with E-state index in [1.807, 2.05) is 0 Å². The van der Waals surface area contributed by atoms with Crippen molar-refractivity contribution in [1.29, 1.82) is 0 Å². The van der Waals surface area contributed by atoms with E-state index in [1.165, 1.54) is 87.0 Å². The molecule has 0 spiro atoms. The molecule has 0 aliphatic rings. The molecule has 0 saturated carbocycles. The molecule has 0 aromatic heterocycles. The van der Waals surface area contributed by atoms with Crippen LogP contribution < -0.4 is 0 Å². The van der Waals surface area contributed by atoms with E-state index in [0.717, 1.165) is 0 Å². The Bertz CT molecular complexity index is 589. The van der Waals surface area contributed by atoms with E-state index >= 15 is 0 Å². The fraction of sp³-hybridized carbons (Fsp3) is 0.500. The van der Waals surface area contributed by atoms with Crippen LogP contribution in [0.25, 0.3) is 10.8 Å². The van der Waals surface area contributed by atoms with Crippen molar-refractivity contribution in [1.82, 2.24) is 0 Å². The smallest absolute Gasteiger partial charge is 0.0152 e. The van der Waals surface area contributed by atoms with Crippen molar-refractivity contribution in [2.45, 2.75) is 77.6 Å². The molecule has 2 aromatic carbocycles. The predicted molar refractivity (Wildman–Crippen MR) is 109 cm³/mol. The summed E-state index contributed by atoms with van der Waals surface area (Å²) >= 11 is 0. The first kappa shape index (κ1) is 18.8. The lowest BCUT2D eigenvalue weighted by atomic mass is 10.00. The van der Waals surface area contributed by atoms with Crippen LogP contribution in [0.15, 0.2) is 54.6 Å². The summed E-state index contributed by atoms with van der Waals surface area (Å²) in [4.78, 5) is 0. The van der Waals surface area contributed by atoms with Gasteiger partial charge in [0.15, 0.2) is 0 Å². The average molecular weight is 323 g/mol. The minimum absolute atomic E-state index is 1.18. The van der Waals surface area contributed by atoms with Gasteiger partial charge in [0.2, 0.25) is 0 Å². The molecule has 0 fully saturated rings. The van der Waals surface area contributed by atoms with E-state index in [-0.39, 0.29) is 0 Å². The van der Waals surface area contributed by atoms with Crippen LogP contribution in [-0.2, 0) is 6.42 Å². The second-order valence-electron chi connectivity index (χ2n) is 6.91. The zero-order chi connectivity index (χ0) is 16.9. The van der Waals surface area contributed by atoms with Crippen molar-refractivity contribution < 1.29 is 0 Å². The monoisotopic (exact) mass is 322 g/mol. The standard InChI is InChI=1S/C24H34/c1-2-3-4-5-6-7-8-9-10-11-12-13-17-22-19-16-20-23-18-14-15-21-24(22)23/h10-11,14-16,18-21H,2-9,12-13,17H2,1H3/b11-10+. The van der Waals surface area contributed by atoms with Gasteiger partial charge in [-0.1, -0.05) is 100 Å². The number of hydrogen-bond acceptors (Lipinski definition) is 0. The van der Waals surface area contributed by atoms with Crippen LogP contribution in [0.5, 0.6) is 0 Å². The summed E-state index contributed by atoms with van der Waals surface area (Å²) < 4.78 is 0. The van der Waals surface area contributed by atoms with Gasteiger partial charge in [-0.05, 0) is 48.4 Å². The molecule has 0 nitrogen and oxygen atoms in total. The molecule has 24 heavy (non-hydrogen) atoms. The maximum Gasteiger partial charge on any atom is -0.0152 e. The Morgan fingerprint density at radius 2 is 1.33 bits per heavy atom. The topological polar surface area (TPSA) is 0 Å². The Labute approximate surface area is 149 Å². The Hall–Kier alpha value is -1.56. The third kappa shape index (κ3) is 6.91. The van der Waals surface area contributed by atoms with Crippen LogP contribution in [-0.4, -0.2) is 0 Å². The quantitative estimate of drug-likeness (QED) is 0.275. The summed E-state index contributed by atoms with van der Waals surface area (Å²) in [7, 11) is 0. The van der Waals surface area contributed by atoms with E-state index in [0.29, 0.717) is 0 Å². The van der Waals surface area contributed by atoms with Crippen molar-refractivity contribution in [2.24, 2.45) is 0 Å². The molecule has 0 aliphatic heterocycles. The minimum Gasteiger partial charge on any atom is -0.0885 e. The number of hydrogen-bond donors (Lipinski definition) is 0. The molecular formula is C24H34. The molecule has 0 unspecified atom stereocenters. The second kappa shape index (κ2) is 11.9. The minimum atomic E-state index is 1.18. The Morgan fingerprint density at radius 3 is 2.17 bits per heavy atom. The first-order valence-corrected chi connectivity index (χ1v) is 10.0. The highest BCUT2D eigenvalue weighted by atomic mass is 14.0. The maximum absolute atomic E-state index is 2.40. The molecule has 0 bridgehead atoms. The highest BCUT2D eigenvalue weighted by Gasteiger charge is 1.99. The van der Waals surface area contributed by atoms with Crippen LogP contribution >= 0.6 is 0 Å². The molecular weight excluding hydrogens is 288 g/mol. The molecule has 0 heteroatoms. The van der Waals surface area contributed by atoms with Crippen LogP contribution in [0, 0.1) is 0 Å². The summed E-state index contributed by atoms with van der Waals surface area (Å²) in [6.07, 6.45) is 19.5. The number of aryl methyl sites for hydroxylation is 1. The van der Waals surface area contributed by atoms with Gasteiger partial charge in [-0.3, -0.25) is 0 Å². The molecule has 0 amide bonds. The van der Waals surface area contributed by atoms with Crippen LogP contribution in [0.3, 0.4) is 0 Å². The summed E-state index contributed by atoms with van der Waals surface area (Å²) in [5.41, 5.74) is 1.49. The fourth-order valence-corrected chi connectivity index (χ4v) is 3.38. The molecule has 130 valence electrons. The normalized spacial score (nSPS) is 11.5. The molecule has 0 saturated heterocycles. The Morgan fingerprint density at radius 1 is 0.667 bits per heavy atom. The highest BCUT2D eigenvalue weighted by molar-refractivity contribution is 5.85. The van der Waals surface area contributed by atoms with Gasteiger partial charge in [-0.15, -0.1) is 0 Å². The van der Waals surface area contributed by atoms with Crippen LogP contribution in [0.4, 0.5) is 0 Å². The largest absolute Gasteiger partial charge is 0.0885 e. The predicted octanol–water partition coefficient (Wildman–Crippen LogP) is 7.86. The Kier molecular flexibility index (Phi) is 9.31. The Balaban J connectivity index is 1.56. The van der Waals surface area contributed by atoms with Gasteiger partial charge in [0.05, 0.1) is 0 Å². The summed E-state index contributed by atoms with van der Waals surface area (Å²) in [5, 5.41) is 2.79. The third-order valence-electron chi connectivity index (χ3n) is 4.84. The fourth-order valence-electron chi connectivity index (χ4n) is 3.38. The molecule has 2 rings (SSSR count). The first-order chi connectivity index (χ1) is 11.9. The SMILES string of the molecule is CCCCCCCCC/C=C/CCCc1cccc2ccccc12. The molecule has 0 radical (unpaired) electrons. The summed E-state index contributed by atoms with van der Waals surface area (Å²) in [5.74, 6) is 0. The van der Waals surface area contributed by atoms with Crippen LogP contribution in [0.2, 0.25) is 0 Å². The number of rotatable bonds is 12. The molecule has 0 N–H and O–H groups in total.